The molecule has 0 rings (SSSR count). The summed E-state index contributed by atoms with van der Waals surface area (Å²) in [6, 6.07) is 0. The molecule has 0 radical (unpaired) electrons. The van der Waals surface area contributed by atoms with E-state index in [1.807, 2.05) is 0 Å². The Kier molecular flexibility index (Phi) is 4.14. The molecular formula is C7H10N2. The number of rotatable bonds is 3. The topological polar surface area (TPSA) is 38.4 Å². The average Bonchev–Trinajstić information content (AvgIpc) is 1.85. The van der Waals surface area contributed by atoms with Crippen LogP contribution in [-0.2, 0) is 0 Å². The van der Waals surface area contributed by atoms with Crippen molar-refractivity contribution in [3.63, 3.8) is 0 Å². The molecule has 0 saturated heterocycles. The lowest BCUT2D eigenvalue weighted by Gasteiger charge is -1.83. The number of hydrogen-bond acceptors (Lipinski definition) is 2. The maximum absolute atomic E-state index is 5.36. The van der Waals surface area contributed by atoms with Crippen LogP contribution in [0.3, 0.4) is 0 Å². The number of nitrogens with two attached hydrogens (primary N) is 1. The van der Waals surface area contributed by atoms with Crippen molar-refractivity contribution in [2.45, 2.75) is 0 Å². The van der Waals surface area contributed by atoms with E-state index in [1.165, 1.54) is 12.4 Å². The molecule has 0 atom stereocenters. The summed E-state index contributed by atoms with van der Waals surface area (Å²) in [5, 5.41) is 0. The van der Waals surface area contributed by atoms with Crippen molar-refractivity contribution in [3.8, 4) is 0 Å². The quantitative estimate of drug-likeness (QED) is 0.443. The van der Waals surface area contributed by atoms with Crippen LogP contribution < -0.4 is 5.73 Å². The van der Waals surface area contributed by atoms with Crippen LogP contribution in [0.2, 0.25) is 0 Å². The van der Waals surface area contributed by atoms with E-state index < -0.39 is 0 Å². The van der Waals surface area contributed by atoms with Crippen molar-refractivity contribution in [2.75, 3.05) is 0 Å². The van der Waals surface area contributed by atoms with Gasteiger partial charge in [0.15, 0.2) is 0 Å². The lowest BCUT2D eigenvalue weighted by molar-refractivity contribution is 1.47. The molecule has 48 valence electrons. The van der Waals surface area contributed by atoms with Gasteiger partial charge in [0.05, 0.1) is 0 Å². The van der Waals surface area contributed by atoms with Gasteiger partial charge in [-0.1, -0.05) is 19.2 Å². The molecule has 0 fully saturated rings. The predicted molar refractivity (Wildman–Crippen MR) is 41.2 cm³/mol. The minimum Gasteiger partial charge on any atom is -0.397 e. The fourth-order valence-electron chi connectivity index (χ4n) is 0.318. The Morgan fingerprint density at radius 2 is 2.11 bits per heavy atom. The predicted octanol–water partition coefficient (Wildman–Crippen LogP) is 1.23. The van der Waals surface area contributed by atoms with E-state index in [0.717, 1.165) is 0 Å². The zero-order valence-electron chi connectivity index (χ0n) is 5.25. The van der Waals surface area contributed by atoms with E-state index in [4.69, 9.17) is 5.73 Å². The lowest BCUT2D eigenvalue weighted by Crippen LogP contribution is -1.96. The van der Waals surface area contributed by atoms with Crippen LogP contribution in [0.25, 0.3) is 0 Å². The molecule has 0 saturated carbocycles. The molecule has 0 spiro atoms. The van der Waals surface area contributed by atoms with Crippen molar-refractivity contribution < 1.29 is 0 Å². The number of nitrogens with zero attached hydrogens (tertiary/aromatic N) is 1. The minimum atomic E-state index is 0.574. The molecule has 0 aliphatic carbocycles. The molecular weight excluding hydrogens is 112 g/mol. The van der Waals surface area contributed by atoms with E-state index in [-0.39, 0.29) is 0 Å². The standard InChI is InChI=1S/C7H10N2/c1-3-5-7(8)6-9-4-2/h3-6H,1-2,8H2/b7-5+,9-6-. The van der Waals surface area contributed by atoms with Crippen LogP contribution in [0.5, 0.6) is 0 Å². The number of aliphatic imine (C=N–C) groups is 1. The van der Waals surface area contributed by atoms with Crippen LogP contribution in [-0.4, -0.2) is 6.21 Å². The third-order valence-electron chi connectivity index (χ3n) is 0.639. The Morgan fingerprint density at radius 1 is 1.44 bits per heavy atom. The first-order valence-electron chi connectivity index (χ1n) is 2.53. The maximum atomic E-state index is 5.36. The van der Waals surface area contributed by atoms with Gasteiger partial charge in [0.25, 0.3) is 0 Å². The van der Waals surface area contributed by atoms with Crippen LogP contribution in [0.4, 0.5) is 0 Å². The van der Waals surface area contributed by atoms with Crippen molar-refractivity contribution in [1.82, 2.24) is 0 Å². The van der Waals surface area contributed by atoms with E-state index in [0.29, 0.717) is 5.70 Å². The second-order valence-electron chi connectivity index (χ2n) is 1.36. The minimum absolute atomic E-state index is 0.574. The van der Waals surface area contributed by atoms with Gasteiger partial charge in [-0.15, -0.1) is 0 Å². The Bertz CT molecular complexity index is 154. The highest BCUT2D eigenvalue weighted by atomic mass is 14.7. The summed E-state index contributed by atoms with van der Waals surface area (Å²) >= 11 is 0. The van der Waals surface area contributed by atoms with E-state index >= 15 is 0 Å². The molecule has 2 nitrogen and oxygen atoms in total. The second-order valence-corrected chi connectivity index (χ2v) is 1.36. The van der Waals surface area contributed by atoms with E-state index in [9.17, 15) is 0 Å². The van der Waals surface area contributed by atoms with Crippen molar-refractivity contribution in [2.24, 2.45) is 10.7 Å². The number of allylic oxidation sites excluding steroid dienone is 3. The van der Waals surface area contributed by atoms with Gasteiger partial charge >= 0.3 is 0 Å². The largest absolute Gasteiger partial charge is 0.397 e. The summed E-state index contributed by atoms with van der Waals surface area (Å²) in [6.45, 7) is 6.85. The summed E-state index contributed by atoms with van der Waals surface area (Å²) in [5.41, 5.74) is 5.94. The smallest absolute Gasteiger partial charge is 0.0499 e. The molecule has 0 bridgehead atoms. The Morgan fingerprint density at radius 3 is 2.56 bits per heavy atom. The van der Waals surface area contributed by atoms with Crippen LogP contribution in [0.15, 0.2) is 42.2 Å². The monoisotopic (exact) mass is 122 g/mol. The first-order valence-corrected chi connectivity index (χ1v) is 2.53. The van der Waals surface area contributed by atoms with Crippen LogP contribution in [0, 0.1) is 0 Å². The molecule has 0 aromatic heterocycles. The molecule has 0 unspecified atom stereocenters. The molecule has 0 heterocycles. The molecule has 0 aromatic carbocycles. The summed E-state index contributed by atoms with van der Waals surface area (Å²) in [7, 11) is 0. The highest BCUT2D eigenvalue weighted by molar-refractivity contribution is 5.77. The van der Waals surface area contributed by atoms with Gasteiger partial charge in [0, 0.05) is 18.1 Å². The zero-order chi connectivity index (χ0) is 7.11. The van der Waals surface area contributed by atoms with Gasteiger partial charge in [-0.2, -0.15) is 0 Å². The highest BCUT2D eigenvalue weighted by Gasteiger charge is 1.74. The van der Waals surface area contributed by atoms with Gasteiger partial charge in [-0.25, -0.2) is 0 Å². The van der Waals surface area contributed by atoms with E-state index in [2.05, 4.69) is 18.2 Å². The summed E-state index contributed by atoms with van der Waals surface area (Å²) in [5.74, 6) is 0. The Hall–Kier alpha value is -1.31. The molecule has 0 amide bonds. The summed E-state index contributed by atoms with van der Waals surface area (Å²) in [4.78, 5) is 3.69. The van der Waals surface area contributed by atoms with Gasteiger partial charge in [-0.05, 0) is 6.08 Å². The normalized spacial score (nSPS) is 11.8. The fraction of sp³-hybridized carbons (Fsp3) is 0. The lowest BCUT2D eigenvalue weighted by atomic mass is 10.4. The Labute approximate surface area is 55.1 Å². The highest BCUT2D eigenvalue weighted by Crippen LogP contribution is 1.78. The van der Waals surface area contributed by atoms with Gasteiger partial charge < -0.3 is 5.73 Å². The fourth-order valence-corrected chi connectivity index (χ4v) is 0.318. The molecule has 2 N–H and O–H groups in total. The molecule has 9 heavy (non-hydrogen) atoms. The number of hydrogen-bond donors (Lipinski definition) is 1. The van der Waals surface area contributed by atoms with Crippen molar-refractivity contribution >= 4 is 6.21 Å². The van der Waals surface area contributed by atoms with Crippen LogP contribution >= 0.6 is 0 Å². The first kappa shape index (κ1) is 7.69. The molecule has 0 aliphatic rings. The second kappa shape index (κ2) is 4.84. The summed E-state index contributed by atoms with van der Waals surface area (Å²) < 4.78 is 0. The van der Waals surface area contributed by atoms with Gasteiger partial charge in [0.1, 0.15) is 0 Å². The van der Waals surface area contributed by atoms with Gasteiger partial charge in [-0.3, -0.25) is 4.99 Å². The van der Waals surface area contributed by atoms with Gasteiger partial charge in [0.2, 0.25) is 0 Å². The first-order chi connectivity index (χ1) is 4.31. The SMILES string of the molecule is C=C/C=C(N)\C=N/C=C. The maximum Gasteiger partial charge on any atom is 0.0499 e. The zero-order valence-corrected chi connectivity index (χ0v) is 5.25. The third kappa shape index (κ3) is 4.55. The van der Waals surface area contributed by atoms with Crippen molar-refractivity contribution in [3.05, 3.63) is 37.2 Å². The van der Waals surface area contributed by atoms with Crippen molar-refractivity contribution in [1.29, 1.82) is 0 Å². The summed E-state index contributed by atoms with van der Waals surface area (Å²) in [6.07, 6.45) is 6.19. The molecule has 0 aromatic rings. The molecule has 0 aliphatic heterocycles. The average molecular weight is 122 g/mol. The Balaban J connectivity index is 3.88. The van der Waals surface area contributed by atoms with Crippen LogP contribution in [0.1, 0.15) is 0 Å². The molecule has 2 heteroatoms. The van der Waals surface area contributed by atoms with E-state index in [1.54, 1.807) is 12.2 Å². The third-order valence-corrected chi connectivity index (χ3v) is 0.639.